The molecule has 1 aromatic heterocycles. The molecule has 3 heterocycles. The van der Waals surface area contributed by atoms with Crippen molar-refractivity contribution in [2.24, 2.45) is 4.99 Å². The quantitative estimate of drug-likeness (QED) is 0.883. The van der Waals surface area contributed by atoms with Crippen LogP contribution in [-0.2, 0) is 6.42 Å². The summed E-state index contributed by atoms with van der Waals surface area (Å²) >= 11 is 0. The summed E-state index contributed by atoms with van der Waals surface area (Å²) < 4.78 is 16.0. The van der Waals surface area contributed by atoms with Crippen LogP contribution in [0.2, 0.25) is 0 Å². The van der Waals surface area contributed by atoms with Gasteiger partial charge in [0.1, 0.15) is 11.6 Å². The van der Waals surface area contributed by atoms with Crippen LogP contribution in [0.15, 0.2) is 53.7 Å². The highest BCUT2D eigenvalue weighted by Crippen LogP contribution is 2.19. The summed E-state index contributed by atoms with van der Waals surface area (Å²) in [6.45, 7) is 1.85. The van der Waals surface area contributed by atoms with Gasteiger partial charge in [-0.3, -0.25) is 5.10 Å². The molecule has 1 aromatic carbocycles. The second-order valence-electron chi connectivity index (χ2n) is 5.50. The summed E-state index contributed by atoms with van der Waals surface area (Å²) in [5, 5.41) is 7.05. The molecule has 0 spiro atoms. The van der Waals surface area contributed by atoms with Gasteiger partial charge >= 0.3 is 5.84 Å². The van der Waals surface area contributed by atoms with Crippen LogP contribution in [0.1, 0.15) is 17.2 Å². The third-order valence-corrected chi connectivity index (χ3v) is 3.91. The van der Waals surface area contributed by atoms with Gasteiger partial charge in [0.2, 0.25) is 11.5 Å². The number of benzene rings is 1. The number of rotatable bonds is 3. The number of H-pyrrole nitrogens is 1. The first-order valence-corrected chi connectivity index (χ1v) is 7.43. The van der Waals surface area contributed by atoms with E-state index < -0.39 is 0 Å². The number of aliphatic imine (C=N–C) groups is 1. The summed E-state index contributed by atoms with van der Waals surface area (Å²) in [7, 11) is 0. The maximum atomic E-state index is 13.9. The van der Waals surface area contributed by atoms with E-state index >= 15 is 0 Å². The maximum Gasteiger partial charge on any atom is 0.304 e. The number of allylic oxidation sites excluding steroid dienone is 2. The van der Waals surface area contributed by atoms with Crippen molar-refractivity contribution < 1.29 is 8.97 Å². The van der Waals surface area contributed by atoms with Crippen LogP contribution in [0.25, 0.3) is 0 Å². The third-order valence-electron chi connectivity index (χ3n) is 3.91. The molecule has 0 bridgehead atoms. The van der Waals surface area contributed by atoms with Gasteiger partial charge in [0, 0.05) is 5.56 Å². The van der Waals surface area contributed by atoms with Gasteiger partial charge in [-0.15, -0.1) is 5.10 Å². The van der Waals surface area contributed by atoms with E-state index in [0.717, 1.165) is 17.4 Å². The topological polar surface area (TPSA) is 56.9 Å². The number of hydrogen-bond acceptors (Lipinski definition) is 3. The van der Waals surface area contributed by atoms with E-state index in [0.29, 0.717) is 17.8 Å². The van der Waals surface area contributed by atoms with E-state index in [1.807, 2.05) is 42.0 Å². The average molecular weight is 308 g/mol. The fraction of sp³-hybridized carbons (Fsp3) is 0.176. The van der Waals surface area contributed by atoms with E-state index in [9.17, 15) is 4.39 Å². The Hall–Kier alpha value is -2.89. The third kappa shape index (κ3) is 2.42. The van der Waals surface area contributed by atoms with Gasteiger partial charge in [0.15, 0.2) is 6.04 Å². The van der Waals surface area contributed by atoms with Crippen LogP contribution in [0.3, 0.4) is 0 Å². The molecular formula is C17H15FN5+. The largest absolute Gasteiger partial charge is 0.304 e. The molecule has 1 unspecified atom stereocenters. The minimum Gasteiger partial charge on any atom is -0.263 e. The minimum absolute atomic E-state index is 0.0445. The molecule has 114 valence electrons. The number of nitrogens with zero attached hydrogens (tertiary/aromatic N) is 4. The Morgan fingerprint density at radius 3 is 2.91 bits per heavy atom. The predicted molar refractivity (Wildman–Crippen MR) is 85.1 cm³/mol. The lowest BCUT2D eigenvalue weighted by atomic mass is 10.1. The molecule has 23 heavy (non-hydrogen) atoms. The second-order valence-corrected chi connectivity index (χ2v) is 5.50. The van der Waals surface area contributed by atoms with Crippen LogP contribution in [0, 0.1) is 12.7 Å². The first-order chi connectivity index (χ1) is 11.2. The highest BCUT2D eigenvalue weighted by Gasteiger charge is 2.39. The predicted octanol–water partition coefficient (Wildman–Crippen LogP) is 2.16. The van der Waals surface area contributed by atoms with Crippen LogP contribution >= 0.6 is 0 Å². The molecule has 0 saturated carbocycles. The Kier molecular flexibility index (Phi) is 3.22. The Balaban J connectivity index is 1.74. The molecule has 1 N–H and O–H groups in total. The number of aryl methyl sites for hydroxylation is 1. The summed E-state index contributed by atoms with van der Waals surface area (Å²) in [5.74, 6) is 1.90. The normalized spacial score (nSPS) is 19.2. The number of aromatic nitrogens is 3. The highest BCUT2D eigenvalue weighted by molar-refractivity contribution is 6.11. The molecule has 4 rings (SSSR count). The van der Waals surface area contributed by atoms with Crippen molar-refractivity contribution in [1.82, 2.24) is 15.2 Å². The number of aromatic amines is 1. The number of fused-ring (bicyclic) bond motifs is 1. The fourth-order valence-corrected chi connectivity index (χ4v) is 2.81. The molecule has 5 nitrogen and oxygen atoms in total. The van der Waals surface area contributed by atoms with Gasteiger partial charge in [-0.25, -0.2) is 13.9 Å². The molecule has 1 atom stereocenters. The fourth-order valence-electron chi connectivity index (χ4n) is 2.81. The van der Waals surface area contributed by atoms with Crippen LogP contribution in [-0.4, -0.2) is 37.3 Å². The molecule has 2 aliphatic rings. The van der Waals surface area contributed by atoms with E-state index in [1.165, 1.54) is 6.07 Å². The average Bonchev–Trinajstić information content (AvgIpc) is 3.14. The van der Waals surface area contributed by atoms with Crippen molar-refractivity contribution in [3.63, 3.8) is 0 Å². The minimum atomic E-state index is -0.217. The Morgan fingerprint density at radius 1 is 1.26 bits per heavy atom. The zero-order valence-electron chi connectivity index (χ0n) is 12.6. The van der Waals surface area contributed by atoms with E-state index in [4.69, 9.17) is 4.99 Å². The zero-order valence-corrected chi connectivity index (χ0v) is 12.6. The SMILES string of the molecule is Cc1nc(C2=NC(Cc3ccccc3F)=[N+]3C=CC=CC23)n[nH]1. The number of halogens is 1. The summed E-state index contributed by atoms with van der Waals surface area (Å²) in [6.07, 6.45) is 8.34. The summed E-state index contributed by atoms with van der Waals surface area (Å²) in [4.78, 5) is 9.07. The molecule has 6 heteroatoms. The van der Waals surface area contributed by atoms with Crippen LogP contribution in [0.4, 0.5) is 4.39 Å². The standard InChI is InChI=1S/C17H14FN5/c1-11-19-17(22-21-11)16-14-8-4-5-9-23(14)15(20-16)10-12-6-2-3-7-13(12)18/h2-9,14H,10H2,1H3/p+1. The Morgan fingerprint density at radius 2 is 2.13 bits per heavy atom. The number of hydrogen-bond donors (Lipinski definition) is 1. The van der Waals surface area contributed by atoms with Crippen molar-refractivity contribution in [3.8, 4) is 0 Å². The van der Waals surface area contributed by atoms with Crippen LogP contribution < -0.4 is 0 Å². The van der Waals surface area contributed by atoms with Crippen molar-refractivity contribution in [3.05, 3.63) is 71.7 Å². The lowest BCUT2D eigenvalue weighted by molar-refractivity contribution is -0.466. The van der Waals surface area contributed by atoms with Gasteiger partial charge < -0.3 is 0 Å². The van der Waals surface area contributed by atoms with Gasteiger partial charge in [-0.2, -0.15) is 0 Å². The molecular weight excluding hydrogens is 293 g/mol. The summed E-state index contributed by atoms with van der Waals surface area (Å²) in [5.41, 5.74) is 1.40. The van der Waals surface area contributed by atoms with Crippen LogP contribution in [0.5, 0.6) is 0 Å². The lowest BCUT2D eigenvalue weighted by Gasteiger charge is -2.08. The monoisotopic (exact) mass is 308 g/mol. The molecule has 0 aliphatic carbocycles. The molecule has 0 radical (unpaired) electrons. The van der Waals surface area contributed by atoms with Crippen molar-refractivity contribution in [2.45, 2.75) is 19.4 Å². The molecule has 2 aliphatic heterocycles. The lowest BCUT2D eigenvalue weighted by Crippen LogP contribution is -2.29. The Bertz CT molecular complexity index is 888. The van der Waals surface area contributed by atoms with Crippen molar-refractivity contribution >= 4 is 11.5 Å². The van der Waals surface area contributed by atoms with Gasteiger partial charge in [0.25, 0.3) is 0 Å². The molecule has 0 fully saturated rings. The highest BCUT2D eigenvalue weighted by atomic mass is 19.1. The van der Waals surface area contributed by atoms with Gasteiger partial charge in [-0.05, 0) is 30.1 Å². The van der Waals surface area contributed by atoms with Crippen molar-refractivity contribution in [2.75, 3.05) is 0 Å². The van der Waals surface area contributed by atoms with Crippen molar-refractivity contribution in [1.29, 1.82) is 0 Å². The first kappa shape index (κ1) is 13.8. The van der Waals surface area contributed by atoms with E-state index in [-0.39, 0.29) is 11.9 Å². The zero-order chi connectivity index (χ0) is 15.8. The van der Waals surface area contributed by atoms with E-state index in [1.54, 1.807) is 12.1 Å². The molecule has 0 saturated heterocycles. The number of nitrogens with one attached hydrogen (secondary N) is 1. The number of amidine groups is 1. The van der Waals surface area contributed by atoms with Gasteiger partial charge in [-0.1, -0.05) is 24.3 Å². The molecule has 2 aromatic rings. The first-order valence-electron chi connectivity index (χ1n) is 7.43. The maximum absolute atomic E-state index is 13.9. The molecule has 0 amide bonds. The second kappa shape index (κ2) is 5.39. The Labute approximate surface area is 132 Å². The van der Waals surface area contributed by atoms with Gasteiger partial charge in [0.05, 0.1) is 12.6 Å². The summed E-state index contributed by atoms with van der Waals surface area (Å²) in [6, 6.07) is 6.73. The smallest absolute Gasteiger partial charge is 0.263 e. The van der Waals surface area contributed by atoms with E-state index in [2.05, 4.69) is 15.2 Å².